The quantitative estimate of drug-likeness (QED) is 0.167. The van der Waals surface area contributed by atoms with E-state index >= 15 is 0 Å². The summed E-state index contributed by atoms with van der Waals surface area (Å²) in [5.41, 5.74) is 8.32. The van der Waals surface area contributed by atoms with Gasteiger partial charge in [-0.2, -0.15) is 0 Å². The molecule has 1 heterocycles. The molecule has 0 fully saturated rings. The second-order valence-corrected chi connectivity index (χ2v) is 14.0. The summed E-state index contributed by atoms with van der Waals surface area (Å²) in [5, 5.41) is 10.2. The van der Waals surface area contributed by atoms with Gasteiger partial charge in [0.15, 0.2) is 0 Å². The highest BCUT2D eigenvalue weighted by atomic mass is 32.1. The SMILES string of the molecule is c1ccc(-c2ccc(N(c3ccc(-c4cccc5c4sc4ccccc45)cc3)c3cc4ccc5ccccc5c4c4ccccc34)cc2)cc1. The Morgan fingerprint density at radius 1 is 0.360 bits per heavy atom. The number of hydrogen-bond acceptors (Lipinski definition) is 2. The molecule has 1 nitrogen and oxygen atoms in total. The van der Waals surface area contributed by atoms with Crippen LogP contribution in [0.15, 0.2) is 188 Å². The lowest BCUT2D eigenvalue weighted by Gasteiger charge is -2.28. The third-order valence-corrected chi connectivity index (χ3v) is 11.3. The van der Waals surface area contributed by atoms with Crippen LogP contribution in [0.4, 0.5) is 17.1 Å². The van der Waals surface area contributed by atoms with Gasteiger partial charge in [-0.3, -0.25) is 0 Å². The van der Waals surface area contributed by atoms with Gasteiger partial charge in [0, 0.05) is 36.9 Å². The minimum Gasteiger partial charge on any atom is -0.310 e. The lowest BCUT2D eigenvalue weighted by molar-refractivity contribution is 1.30. The van der Waals surface area contributed by atoms with E-state index in [9.17, 15) is 0 Å². The van der Waals surface area contributed by atoms with Crippen LogP contribution in [0.25, 0.3) is 74.7 Å². The topological polar surface area (TPSA) is 3.24 Å². The molecular weight excluding hydrogens is 623 g/mol. The zero-order valence-electron chi connectivity index (χ0n) is 27.3. The van der Waals surface area contributed by atoms with E-state index in [0.717, 1.165) is 17.1 Å². The van der Waals surface area contributed by atoms with Crippen LogP contribution in [0.3, 0.4) is 0 Å². The lowest BCUT2D eigenvalue weighted by Crippen LogP contribution is -2.10. The van der Waals surface area contributed by atoms with Crippen molar-refractivity contribution < 1.29 is 0 Å². The molecule has 0 atom stereocenters. The summed E-state index contributed by atoms with van der Waals surface area (Å²) in [4.78, 5) is 2.43. The highest BCUT2D eigenvalue weighted by Gasteiger charge is 2.19. The van der Waals surface area contributed by atoms with Gasteiger partial charge < -0.3 is 4.90 Å². The van der Waals surface area contributed by atoms with Gasteiger partial charge in [0.25, 0.3) is 0 Å². The summed E-state index contributed by atoms with van der Waals surface area (Å²) in [6.07, 6.45) is 0. The Labute approximate surface area is 294 Å². The minimum atomic E-state index is 1.12. The van der Waals surface area contributed by atoms with Crippen LogP contribution >= 0.6 is 11.3 Å². The molecule has 0 N–H and O–H groups in total. The highest BCUT2D eigenvalue weighted by Crippen LogP contribution is 2.45. The molecule has 0 aliphatic heterocycles. The molecule has 9 aromatic carbocycles. The van der Waals surface area contributed by atoms with Crippen LogP contribution in [0.5, 0.6) is 0 Å². The van der Waals surface area contributed by atoms with Crippen LogP contribution < -0.4 is 4.90 Å². The first-order valence-electron chi connectivity index (χ1n) is 17.1. The molecule has 1 aromatic heterocycles. The zero-order chi connectivity index (χ0) is 33.0. The summed E-state index contributed by atoms with van der Waals surface area (Å²) in [6, 6.07) is 68.7. The third-order valence-electron chi connectivity index (χ3n) is 10.0. The Kier molecular flexibility index (Phi) is 6.75. The molecule has 0 saturated heterocycles. The first kappa shape index (κ1) is 28.8. The fraction of sp³-hybridized carbons (Fsp3) is 0. The van der Waals surface area contributed by atoms with Crippen molar-refractivity contribution in [1.29, 1.82) is 0 Å². The zero-order valence-corrected chi connectivity index (χ0v) is 28.1. The van der Waals surface area contributed by atoms with Crippen molar-refractivity contribution >= 4 is 80.9 Å². The molecule has 0 bridgehead atoms. The molecule has 0 aliphatic carbocycles. The maximum atomic E-state index is 2.43. The van der Waals surface area contributed by atoms with Crippen LogP contribution in [0, 0.1) is 0 Å². The largest absolute Gasteiger partial charge is 0.310 e. The molecule has 0 unspecified atom stereocenters. The van der Waals surface area contributed by atoms with Crippen molar-refractivity contribution in [2.24, 2.45) is 0 Å². The second kappa shape index (κ2) is 11.7. The molecule has 0 spiro atoms. The smallest absolute Gasteiger partial charge is 0.0546 e. The number of anilines is 3. The van der Waals surface area contributed by atoms with E-state index in [1.54, 1.807) is 0 Å². The lowest BCUT2D eigenvalue weighted by atomic mass is 9.94. The van der Waals surface area contributed by atoms with Crippen LogP contribution in [0.2, 0.25) is 0 Å². The van der Waals surface area contributed by atoms with Gasteiger partial charge in [-0.1, -0.05) is 152 Å². The monoisotopic (exact) mass is 653 g/mol. The summed E-state index contributed by atoms with van der Waals surface area (Å²) in [7, 11) is 0. The molecule has 0 aliphatic rings. The number of thiophene rings is 1. The van der Waals surface area contributed by atoms with Crippen LogP contribution in [0.1, 0.15) is 0 Å². The van der Waals surface area contributed by atoms with Crippen molar-refractivity contribution in [1.82, 2.24) is 0 Å². The van der Waals surface area contributed by atoms with E-state index in [-0.39, 0.29) is 0 Å². The molecule has 234 valence electrons. The summed E-state index contributed by atoms with van der Waals surface area (Å²) >= 11 is 1.88. The van der Waals surface area contributed by atoms with Crippen molar-refractivity contribution in [2.75, 3.05) is 4.90 Å². The Morgan fingerprint density at radius 3 is 1.72 bits per heavy atom. The van der Waals surface area contributed by atoms with E-state index < -0.39 is 0 Å². The van der Waals surface area contributed by atoms with Gasteiger partial charge in [0.1, 0.15) is 0 Å². The first-order chi connectivity index (χ1) is 24.8. The first-order valence-corrected chi connectivity index (χ1v) is 17.9. The summed E-state index contributed by atoms with van der Waals surface area (Å²) in [6.45, 7) is 0. The van der Waals surface area contributed by atoms with Gasteiger partial charge in [0.2, 0.25) is 0 Å². The van der Waals surface area contributed by atoms with Gasteiger partial charge >= 0.3 is 0 Å². The Balaban J connectivity index is 1.17. The number of hydrogen-bond donors (Lipinski definition) is 0. The average molecular weight is 654 g/mol. The Morgan fingerprint density at radius 2 is 0.940 bits per heavy atom. The van der Waals surface area contributed by atoms with Gasteiger partial charge in [-0.15, -0.1) is 11.3 Å². The standard InChI is InChI=1S/C48H31NS/c1-2-11-32(12-3-1)33-23-27-37(28-24-33)49(45-31-36-22-21-34-13-4-5-14-39(34)47(36)43-17-7-6-15-41(43)45)38-29-25-35(26-30-38)40-18-10-19-44-42-16-8-9-20-46(42)50-48(40)44/h1-31H. The normalized spacial score (nSPS) is 11.6. The molecule has 10 aromatic rings. The van der Waals surface area contributed by atoms with Crippen molar-refractivity contribution in [2.45, 2.75) is 0 Å². The number of benzene rings is 9. The molecule has 0 radical (unpaired) electrons. The molecule has 2 heteroatoms. The molecule has 0 amide bonds. The van der Waals surface area contributed by atoms with E-state index in [0.29, 0.717) is 0 Å². The van der Waals surface area contributed by atoms with Crippen LogP contribution in [-0.2, 0) is 0 Å². The minimum absolute atomic E-state index is 1.12. The fourth-order valence-electron chi connectivity index (χ4n) is 7.67. The van der Waals surface area contributed by atoms with E-state index in [1.165, 1.54) is 74.7 Å². The maximum Gasteiger partial charge on any atom is 0.0546 e. The molecule has 0 saturated carbocycles. The number of rotatable bonds is 5. The number of fused-ring (bicyclic) bond motifs is 8. The van der Waals surface area contributed by atoms with E-state index in [4.69, 9.17) is 0 Å². The van der Waals surface area contributed by atoms with Crippen molar-refractivity contribution in [3.8, 4) is 22.3 Å². The molecule has 10 rings (SSSR count). The van der Waals surface area contributed by atoms with Gasteiger partial charge in [-0.25, -0.2) is 0 Å². The predicted octanol–water partition coefficient (Wildman–Crippen LogP) is 14.3. The van der Waals surface area contributed by atoms with Gasteiger partial charge in [-0.05, 0) is 85.6 Å². The van der Waals surface area contributed by atoms with Crippen molar-refractivity contribution in [3.05, 3.63) is 188 Å². The van der Waals surface area contributed by atoms with Gasteiger partial charge in [0.05, 0.1) is 5.69 Å². The van der Waals surface area contributed by atoms with E-state index in [2.05, 4.69) is 193 Å². The maximum absolute atomic E-state index is 2.43. The number of nitrogens with zero attached hydrogens (tertiary/aromatic N) is 1. The second-order valence-electron chi connectivity index (χ2n) is 12.9. The van der Waals surface area contributed by atoms with Crippen LogP contribution in [-0.4, -0.2) is 0 Å². The van der Waals surface area contributed by atoms with Crippen molar-refractivity contribution in [3.63, 3.8) is 0 Å². The van der Waals surface area contributed by atoms with E-state index in [1.807, 2.05) is 11.3 Å². The predicted molar refractivity (Wildman–Crippen MR) is 217 cm³/mol. The highest BCUT2D eigenvalue weighted by molar-refractivity contribution is 7.26. The molecule has 50 heavy (non-hydrogen) atoms. The Bertz CT molecular complexity index is 2850. The average Bonchev–Trinajstić information content (AvgIpc) is 3.58. The molecular formula is C48H31NS. The Hall–Kier alpha value is -6.22. The third kappa shape index (κ3) is 4.69. The fourth-order valence-corrected chi connectivity index (χ4v) is 8.91. The summed E-state index contributed by atoms with van der Waals surface area (Å²) in [5.74, 6) is 0. The summed E-state index contributed by atoms with van der Waals surface area (Å²) < 4.78 is 2.66.